The van der Waals surface area contributed by atoms with Crippen LogP contribution >= 0.6 is 11.6 Å². The van der Waals surface area contributed by atoms with Gasteiger partial charge in [-0.2, -0.15) is 10.1 Å². The maximum Gasteiger partial charge on any atom is 0.259 e. The number of fused-ring (bicyclic) bond motifs is 1. The molecule has 0 atom stereocenters. The van der Waals surface area contributed by atoms with Crippen molar-refractivity contribution in [3.63, 3.8) is 0 Å². The summed E-state index contributed by atoms with van der Waals surface area (Å²) in [6.45, 7) is 3.54. The second-order valence-electron chi connectivity index (χ2n) is 4.60. The molecule has 0 radical (unpaired) electrons. The first-order valence-corrected chi connectivity index (χ1v) is 6.68. The molecule has 2 heterocycles. The molecule has 2 aromatic heterocycles. The summed E-state index contributed by atoms with van der Waals surface area (Å²) in [7, 11) is 0. The zero-order chi connectivity index (χ0) is 15.0. The van der Waals surface area contributed by atoms with Gasteiger partial charge in [0.25, 0.3) is 11.7 Å². The lowest BCUT2D eigenvalue weighted by molar-refractivity contribution is 0.102. The van der Waals surface area contributed by atoms with Gasteiger partial charge in [0, 0.05) is 16.9 Å². The Balaban J connectivity index is 1.93. The maximum absolute atomic E-state index is 12.3. The zero-order valence-electron chi connectivity index (χ0n) is 11.5. The van der Waals surface area contributed by atoms with Gasteiger partial charge in [-0.25, -0.2) is 9.50 Å². The molecule has 0 saturated heterocycles. The quantitative estimate of drug-likeness (QED) is 0.790. The number of nitrogens with one attached hydrogen (secondary N) is 1. The van der Waals surface area contributed by atoms with Crippen molar-refractivity contribution in [3.8, 4) is 0 Å². The number of benzene rings is 1. The summed E-state index contributed by atoms with van der Waals surface area (Å²) in [4.78, 5) is 20.8. The third-order valence-electron chi connectivity index (χ3n) is 2.97. The third-order valence-corrected chi connectivity index (χ3v) is 3.23. The van der Waals surface area contributed by atoms with Gasteiger partial charge in [0.05, 0.1) is 11.3 Å². The van der Waals surface area contributed by atoms with Crippen molar-refractivity contribution in [2.45, 2.75) is 13.8 Å². The minimum atomic E-state index is -0.252. The second kappa shape index (κ2) is 5.14. The van der Waals surface area contributed by atoms with Gasteiger partial charge in [-0.15, -0.1) is 0 Å². The highest BCUT2D eigenvalue weighted by molar-refractivity contribution is 6.30. The van der Waals surface area contributed by atoms with Gasteiger partial charge in [0.15, 0.2) is 0 Å². The van der Waals surface area contributed by atoms with Crippen LogP contribution in [0, 0.1) is 13.8 Å². The monoisotopic (exact) mass is 301 g/mol. The molecule has 0 aliphatic heterocycles. The first kappa shape index (κ1) is 13.5. The summed E-state index contributed by atoms with van der Waals surface area (Å²) in [5, 5.41) is 7.58. The molecule has 0 aliphatic rings. The van der Waals surface area contributed by atoms with Gasteiger partial charge in [-0.1, -0.05) is 11.6 Å². The summed E-state index contributed by atoms with van der Waals surface area (Å²) in [6.07, 6.45) is 1.63. The second-order valence-corrected chi connectivity index (χ2v) is 5.04. The average molecular weight is 302 g/mol. The zero-order valence-corrected chi connectivity index (χ0v) is 12.2. The lowest BCUT2D eigenvalue weighted by atomic mass is 10.2. The number of aromatic nitrogens is 4. The first-order chi connectivity index (χ1) is 10.0. The predicted octanol–water partition coefficient (Wildman–Crippen LogP) is 2.65. The van der Waals surface area contributed by atoms with Crippen molar-refractivity contribution >= 4 is 29.0 Å². The molecular formula is C14H12ClN5O. The highest BCUT2D eigenvalue weighted by atomic mass is 35.5. The molecule has 3 rings (SSSR count). The standard InChI is InChI=1S/C14H12ClN5O/c1-8-12(7-20-14(16-8)17-9(2)19-20)13(21)18-11-5-3-10(15)4-6-11/h3-7H,1-2H3,(H,18,21). The lowest BCUT2D eigenvalue weighted by Crippen LogP contribution is -2.15. The number of aryl methyl sites for hydroxylation is 2. The van der Waals surface area contributed by atoms with Gasteiger partial charge in [0.2, 0.25) is 0 Å². The van der Waals surface area contributed by atoms with Crippen molar-refractivity contribution in [1.29, 1.82) is 0 Å². The van der Waals surface area contributed by atoms with Crippen molar-refractivity contribution in [3.05, 3.63) is 52.6 Å². The van der Waals surface area contributed by atoms with Crippen molar-refractivity contribution in [2.75, 3.05) is 5.32 Å². The van der Waals surface area contributed by atoms with Gasteiger partial charge >= 0.3 is 0 Å². The van der Waals surface area contributed by atoms with Gasteiger partial charge < -0.3 is 5.32 Å². The number of nitrogens with zero attached hydrogens (tertiary/aromatic N) is 4. The number of amides is 1. The van der Waals surface area contributed by atoms with E-state index in [9.17, 15) is 4.79 Å². The van der Waals surface area contributed by atoms with Gasteiger partial charge in [0.1, 0.15) is 5.82 Å². The molecule has 0 bridgehead atoms. The number of hydrogen-bond donors (Lipinski definition) is 1. The van der Waals surface area contributed by atoms with Gasteiger partial charge in [-0.05, 0) is 38.1 Å². The van der Waals surface area contributed by atoms with E-state index in [0.717, 1.165) is 0 Å². The van der Waals surface area contributed by atoms with E-state index in [1.54, 1.807) is 44.3 Å². The molecule has 106 valence electrons. The van der Waals surface area contributed by atoms with E-state index in [2.05, 4.69) is 20.4 Å². The van der Waals surface area contributed by atoms with Crippen LogP contribution in [0.2, 0.25) is 5.02 Å². The highest BCUT2D eigenvalue weighted by Gasteiger charge is 2.13. The molecule has 1 N–H and O–H groups in total. The summed E-state index contributed by atoms with van der Waals surface area (Å²) >= 11 is 5.82. The summed E-state index contributed by atoms with van der Waals surface area (Å²) in [5.74, 6) is 0.836. The van der Waals surface area contributed by atoms with E-state index >= 15 is 0 Å². The number of rotatable bonds is 2. The molecular weight excluding hydrogens is 290 g/mol. The Morgan fingerprint density at radius 1 is 1.19 bits per heavy atom. The molecule has 3 aromatic rings. The van der Waals surface area contributed by atoms with Crippen LogP contribution in [-0.2, 0) is 0 Å². The third kappa shape index (κ3) is 2.71. The Kier molecular flexibility index (Phi) is 3.31. The van der Waals surface area contributed by atoms with Crippen LogP contribution in [0.3, 0.4) is 0 Å². The van der Waals surface area contributed by atoms with E-state index in [0.29, 0.717) is 33.6 Å². The molecule has 0 unspecified atom stereocenters. The number of carbonyl (C=O) groups is 1. The molecule has 1 aromatic carbocycles. The van der Waals surface area contributed by atoms with Crippen LogP contribution in [-0.4, -0.2) is 25.5 Å². The molecule has 0 spiro atoms. The predicted molar refractivity (Wildman–Crippen MR) is 79.7 cm³/mol. The molecule has 7 heteroatoms. The minimum Gasteiger partial charge on any atom is -0.322 e. The normalized spacial score (nSPS) is 10.8. The van der Waals surface area contributed by atoms with Crippen molar-refractivity contribution in [2.24, 2.45) is 0 Å². The van der Waals surface area contributed by atoms with Crippen LogP contribution in [0.25, 0.3) is 5.78 Å². The summed E-state index contributed by atoms with van der Waals surface area (Å²) in [5.41, 5.74) is 1.71. The van der Waals surface area contributed by atoms with Crippen molar-refractivity contribution < 1.29 is 4.79 Å². The van der Waals surface area contributed by atoms with E-state index < -0.39 is 0 Å². The molecule has 1 amide bonds. The number of carbonyl (C=O) groups excluding carboxylic acids is 1. The van der Waals surface area contributed by atoms with Gasteiger partial charge in [-0.3, -0.25) is 4.79 Å². The largest absolute Gasteiger partial charge is 0.322 e. The number of hydrogen-bond acceptors (Lipinski definition) is 4. The fraction of sp³-hybridized carbons (Fsp3) is 0.143. The van der Waals surface area contributed by atoms with Crippen LogP contribution in [0.5, 0.6) is 0 Å². The molecule has 0 fully saturated rings. The van der Waals surface area contributed by atoms with E-state index in [-0.39, 0.29) is 5.91 Å². The first-order valence-electron chi connectivity index (χ1n) is 6.30. The van der Waals surface area contributed by atoms with E-state index in [1.807, 2.05) is 0 Å². The topological polar surface area (TPSA) is 72.2 Å². The van der Waals surface area contributed by atoms with Crippen LogP contribution in [0.15, 0.2) is 30.5 Å². The molecule has 21 heavy (non-hydrogen) atoms. The van der Waals surface area contributed by atoms with E-state index in [1.165, 1.54) is 4.52 Å². The summed E-state index contributed by atoms with van der Waals surface area (Å²) in [6, 6.07) is 6.90. The van der Waals surface area contributed by atoms with Crippen LogP contribution in [0.1, 0.15) is 21.9 Å². The average Bonchev–Trinajstić information content (AvgIpc) is 2.79. The number of anilines is 1. The maximum atomic E-state index is 12.3. The van der Waals surface area contributed by atoms with Crippen LogP contribution < -0.4 is 5.32 Å². The number of halogens is 1. The summed E-state index contributed by atoms with van der Waals surface area (Å²) < 4.78 is 1.50. The molecule has 6 nitrogen and oxygen atoms in total. The Hall–Kier alpha value is -2.47. The Labute approximate surface area is 125 Å². The molecule has 0 saturated carbocycles. The highest BCUT2D eigenvalue weighted by Crippen LogP contribution is 2.15. The van der Waals surface area contributed by atoms with Crippen LogP contribution in [0.4, 0.5) is 5.69 Å². The van der Waals surface area contributed by atoms with Crippen molar-refractivity contribution in [1.82, 2.24) is 19.6 Å². The molecule has 0 aliphatic carbocycles. The fourth-order valence-electron chi connectivity index (χ4n) is 1.96. The Bertz CT molecular complexity index is 825. The Morgan fingerprint density at radius 2 is 1.90 bits per heavy atom. The fourth-order valence-corrected chi connectivity index (χ4v) is 2.09. The smallest absolute Gasteiger partial charge is 0.259 e. The Morgan fingerprint density at radius 3 is 2.62 bits per heavy atom. The minimum absolute atomic E-state index is 0.252. The lowest BCUT2D eigenvalue weighted by Gasteiger charge is -2.07. The van der Waals surface area contributed by atoms with E-state index in [4.69, 9.17) is 11.6 Å². The SMILES string of the molecule is Cc1nc2nc(C)c(C(=O)Nc3ccc(Cl)cc3)cn2n1.